The Hall–Kier alpha value is -2.55. The first-order valence-corrected chi connectivity index (χ1v) is 38.3. The van der Waals surface area contributed by atoms with Crippen LogP contribution in [0.2, 0.25) is 0 Å². The molecule has 0 fully saturated rings. The van der Waals surface area contributed by atoms with Crippen molar-refractivity contribution in [2.24, 2.45) is 0 Å². The number of hydrogen-bond acceptors (Lipinski definition) is 6. The number of esters is 1. The maximum atomic E-state index is 13.6. The molecule has 0 saturated carbocycles. The van der Waals surface area contributed by atoms with Crippen molar-refractivity contribution in [3.05, 3.63) is 72.9 Å². The molecule has 3 atom stereocenters. The Morgan fingerprint density at radius 3 is 1.08 bits per heavy atom. The molecule has 0 saturated heterocycles. The molecule has 9 nitrogen and oxygen atoms in total. The van der Waals surface area contributed by atoms with Crippen molar-refractivity contribution in [3.8, 4) is 0 Å². The van der Waals surface area contributed by atoms with Gasteiger partial charge in [0.2, 0.25) is 5.91 Å². The van der Waals surface area contributed by atoms with Crippen LogP contribution >= 0.6 is 7.82 Å². The smallest absolute Gasteiger partial charge is 0.456 e. The second kappa shape index (κ2) is 65.4. The summed E-state index contributed by atoms with van der Waals surface area (Å²) in [6.07, 6.45) is 86.3. The molecular weight excluding hydrogens is 1080 g/mol. The molecule has 3 unspecified atom stereocenters. The minimum absolute atomic E-state index is 0.0387. The van der Waals surface area contributed by atoms with Gasteiger partial charge in [0.15, 0.2) is 0 Å². The molecule has 0 rings (SSSR count). The molecule has 0 aromatic rings. The summed E-state index contributed by atoms with van der Waals surface area (Å²) in [6, 6.07) is -0.853. The number of rotatable bonds is 67. The SMILES string of the molecule is CCCCC/C=C\C/C=C\C/C=C\CCCCCCCCCCCCC(=O)NC(COP(=O)(O)OCC[N+](C)(C)C)C(/C=C/CCCCCCCCCCCC)OC(=O)CCCCCCCCCCCCCCCCC/C=C\C/C=C\CCCCC. The normalized spacial score (nSPS) is 13.9. The molecule has 0 spiro atoms. The van der Waals surface area contributed by atoms with Gasteiger partial charge in [-0.1, -0.05) is 306 Å². The number of hydrogen-bond donors (Lipinski definition) is 2. The topological polar surface area (TPSA) is 111 Å². The van der Waals surface area contributed by atoms with Crippen LogP contribution in [0.25, 0.3) is 0 Å². The summed E-state index contributed by atoms with van der Waals surface area (Å²) in [6.45, 7) is 7.00. The number of amides is 1. The Bertz CT molecular complexity index is 1700. The van der Waals surface area contributed by atoms with Crippen molar-refractivity contribution in [2.45, 2.75) is 360 Å². The number of phosphoric acid groups is 1. The van der Waals surface area contributed by atoms with Crippen LogP contribution < -0.4 is 5.32 Å². The summed E-state index contributed by atoms with van der Waals surface area (Å²) in [5.41, 5.74) is 0. The zero-order chi connectivity index (χ0) is 62.8. The van der Waals surface area contributed by atoms with Crippen molar-refractivity contribution < 1.29 is 37.3 Å². The predicted octanol–water partition coefficient (Wildman–Crippen LogP) is 23.5. The number of allylic oxidation sites excluding steroid dienone is 11. The number of likely N-dealkylation sites (N-methyl/N-ethyl adjacent to an activating group) is 1. The van der Waals surface area contributed by atoms with Gasteiger partial charge in [0.05, 0.1) is 33.8 Å². The maximum absolute atomic E-state index is 13.6. The molecule has 0 aliphatic carbocycles. The fraction of sp³-hybridized carbons (Fsp3) is 0.816. The number of phosphoric ester groups is 1. The van der Waals surface area contributed by atoms with Crippen molar-refractivity contribution in [1.82, 2.24) is 5.32 Å². The first-order valence-electron chi connectivity index (χ1n) is 36.8. The molecule has 0 bridgehead atoms. The van der Waals surface area contributed by atoms with Crippen LogP contribution in [0.15, 0.2) is 72.9 Å². The van der Waals surface area contributed by atoms with E-state index in [1.54, 1.807) is 0 Å². The molecule has 502 valence electrons. The Morgan fingerprint density at radius 2 is 0.709 bits per heavy atom. The van der Waals surface area contributed by atoms with Crippen molar-refractivity contribution in [2.75, 3.05) is 40.9 Å². The highest BCUT2D eigenvalue weighted by molar-refractivity contribution is 7.47. The van der Waals surface area contributed by atoms with E-state index in [0.717, 1.165) is 77.0 Å². The van der Waals surface area contributed by atoms with Crippen LogP contribution in [0.1, 0.15) is 348 Å². The van der Waals surface area contributed by atoms with Gasteiger partial charge in [0, 0.05) is 12.8 Å². The third-order valence-corrected chi connectivity index (χ3v) is 17.4. The van der Waals surface area contributed by atoms with Crippen molar-refractivity contribution in [3.63, 3.8) is 0 Å². The minimum atomic E-state index is -4.46. The number of carbonyl (C=O) groups is 2. The lowest BCUT2D eigenvalue weighted by molar-refractivity contribution is -0.870. The van der Waals surface area contributed by atoms with E-state index in [1.807, 2.05) is 33.3 Å². The number of ether oxygens (including phenoxy) is 1. The van der Waals surface area contributed by atoms with Gasteiger partial charge in [-0.05, 0) is 102 Å². The average molecular weight is 1230 g/mol. The zero-order valence-electron chi connectivity index (χ0n) is 57.6. The molecule has 86 heavy (non-hydrogen) atoms. The van der Waals surface area contributed by atoms with E-state index in [9.17, 15) is 19.0 Å². The lowest BCUT2D eigenvalue weighted by atomic mass is 10.0. The van der Waals surface area contributed by atoms with Gasteiger partial charge in [-0.2, -0.15) is 0 Å². The van der Waals surface area contributed by atoms with Gasteiger partial charge in [-0.25, -0.2) is 4.57 Å². The van der Waals surface area contributed by atoms with E-state index >= 15 is 0 Å². The molecule has 2 N–H and O–H groups in total. The molecular formula is C76H142N2O7P+. The largest absolute Gasteiger partial charge is 0.472 e. The summed E-state index contributed by atoms with van der Waals surface area (Å²) in [5, 5.41) is 3.07. The third kappa shape index (κ3) is 65.9. The molecule has 0 heterocycles. The first-order chi connectivity index (χ1) is 41.9. The molecule has 1 amide bonds. The number of carbonyl (C=O) groups excluding carboxylic acids is 2. The van der Waals surface area contributed by atoms with E-state index in [-0.39, 0.29) is 25.1 Å². The van der Waals surface area contributed by atoms with Crippen LogP contribution in [0.3, 0.4) is 0 Å². The summed E-state index contributed by atoms with van der Waals surface area (Å²) in [4.78, 5) is 37.9. The molecule has 0 aliphatic heterocycles. The molecule has 0 aromatic carbocycles. The van der Waals surface area contributed by atoms with E-state index in [2.05, 4.69) is 86.8 Å². The highest BCUT2D eigenvalue weighted by Gasteiger charge is 2.30. The molecule has 0 aromatic heterocycles. The van der Waals surface area contributed by atoms with E-state index in [4.69, 9.17) is 13.8 Å². The lowest BCUT2D eigenvalue weighted by Gasteiger charge is -2.27. The third-order valence-electron chi connectivity index (χ3n) is 16.4. The lowest BCUT2D eigenvalue weighted by Crippen LogP contribution is -2.47. The Balaban J connectivity index is 5.02. The molecule has 0 radical (unpaired) electrons. The van der Waals surface area contributed by atoms with Gasteiger partial charge in [0.25, 0.3) is 0 Å². The fourth-order valence-electron chi connectivity index (χ4n) is 10.7. The van der Waals surface area contributed by atoms with Gasteiger partial charge in [0.1, 0.15) is 19.3 Å². The molecule has 0 aliphatic rings. The number of nitrogens with one attached hydrogen (secondary N) is 1. The van der Waals surface area contributed by atoms with Gasteiger partial charge >= 0.3 is 13.8 Å². The Labute approximate surface area is 533 Å². The number of unbranched alkanes of at least 4 members (excludes halogenated alkanes) is 41. The highest BCUT2D eigenvalue weighted by Crippen LogP contribution is 2.43. The average Bonchev–Trinajstić information content (AvgIpc) is 3.66. The number of nitrogens with zero attached hydrogens (tertiary/aromatic N) is 1. The van der Waals surface area contributed by atoms with Gasteiger partial charge < -0.3 is 19.4 Å². The van der Waals surface area contributed by atoms with Crippen LogP contribution in [0, 0.1) is 0 Å². The second-order valence-electron chi connectivity index (χ2n) is 26.1. The van der Waals surface area contributed by atoms with Crippen molar-refractivity contribution in [1.29, 1.82) is 0 Å². The summed E-state index contributed by atoms with van der Waals surface area (Å²) in [5.74, 6) is -0.498. The maximum Gasteiger partial charge on any atom is 0.472 e. The fourth-order valence-corrected chi connectivity index (χ4v) is 11.4. The second-order valence-corrected chi connectivity index (χ2v) is 27.6. The monoisotopic (exact) mass is 1230 g/mol. The Morgan fingerprint density at radius 1 is 0.407 bits per heavy atom. The summed E-state index contributed by atoms with van der Waals surface area (Å²) < 4.78 is 30.9. The Kier molecular flexibility index (Phi) is 63.5. The van der Waals surface area contributed by atoms with Crippen LogP contribution in [0.5, 0.6) is 0 Å². The first kappa shape index (κ1) is 83.5. The van der Waals surface area contributed by atoms with Gasteiger partial charge in [-0.3, -0.25) is 18.6 Å². The molecule has 10 heteroatoms. The van der Waals surface area contributed by atoms with E-state index in [0.29, 0.717) is 23.9 Å². The standard InChI is InChI=1S/C76H141N2O7P/c1-7-10-13-16-19-22-25-28-30-32-34-36-38-39-41-43-45-47-49-51-54-57-60-63-66-69-76(80)85-74(67-64-61-58-55-52-27-24-21-18-15-12-9-3)73(72-84-86(81,82)83-71-70-78(4,5)6)77-75(79)68-65-62-59-56-53-50-48-46-44-42-40-37-35-33-31-29-26-23-20-17-14-11-8-2/h19-20,22-23,28-31,35,37,64,67,73-74H,7-18,21,24-27,32-34,36,38-63,65-66,68-72H2,1-6H3,(H-,77,79,81,82)/p+1/b22-19-,23-20-,30-28-,31-29-,37-35-,67-64+. The van der Waals surface area contributed by atoms with Gasteiger partial charge in [-0.15, -0.1) is 0 Å². The van der Waals surface area contributed by atoms with Crippen molar-refractivity contribution >= 4 is 19.7 Å². The minimum Gasteiger partial charge on any atom is -0.456 e. The zero-order valence-corrected chi connectivity index (χ0v) is 58.5. The number of quaternary nitrogens is 1. The highest BCUT2D eigenvalue weighted by atomic mass is 31.2. The quantitative estimate of drug-likeness (QED) is 0.0205. The van der Waals surface area contributed by atoms with Crippen LogP contribution in [0.4, 0.5) is 0 Å². The van der Waals surface area contributed by atoms with Crippen LogP contribution in [-0.4, -0.2) is 74.3 Å². The predicted molar refractivity (Wildman–Crippen MR) is 374 cm³/mol. The van der Waals surface area contributed by atoms with E-state index in [1.165, 1.54) is 238 Å². The van der Waals surface area contributed by atoms with E-state index < -0.39 is 20.0 Å². The van der Waals surface area contributed by atoms with Crippen LogP contribution in [-0.2, 0) is 27.9 Å². The summed E-state index contributed by atoms with van der Waals surface area (Å²) >= 11 is 0. The summed E-state index contributed by atoms with van der Waals surface area (Å²) in [7, 11) is 1.50.